The van der Waals surface area contributed by atoms with Crippen LogP contribution in [0.25, 0.3) is 0 Å². The molecule has 0 saturated carbocycles. The molecular formula is C18H21ClN2OS. The summed E-state index contributed by atoms with van der Waals surface area (Å²) in [5, 5.41) is 6.67. The third-order valence-electron chi connectivity index (χ3n) is 4.08. The summed E-state index contributed by atoms with van der Waals surface area (Å²) in [6.07, 6.45) is 4.25. The average molecular weight is 349 g/mol. The van der Waals surface area contributed by atoms with E-state index in [9.17, 15) is 4.79 Å². The first-order valence-corrected chi connectivity index (χ1v) is 9.29. The van der Waals surface area contributed by atoms with Gasteiger partial charge in [0.2, 0.25) is 5.91 Å². The smallest absolute Gasteiger partial charge is 0.229 e. The van der Waals surface area contributed by atoms with E-state index in [1.165, 1.54) is 37.9 Å². The van der Waals surface area contributed by atoms with E-state index in [-0.39, 0.29) is 5.91 Å². The molecule has 1 amide bonds. The summed E-state index contributed by atoms with van der Waals surface area (Å²) in [4.78, 5) is 14.6. The van der Waals surface area contributed by atoms with Gasteiger partial charge in [-0.15, -0.1) is 11.3 Å². The number of benzene rings is 1. The monoisotopic (exact) mass is 348 g/mol. The molecule has 1 fully saturated rings. The van der Waals surface area contributed by atoms with Crippen LogP contribution in [0, 0.1) is 0 Å². The van der Waals surface area contributed by atoms with Gasteiger partial charge in [-0.05, 0) is 54.6 Å². The Labute approximate surface area is 146 Å². The van der Waals surface area contributed by atoms with Crippen LogP contribution in [0.1, 0.15) is 30.4 Å². The van der Waals surface area contributed by atoms with Gasteiger partial charge in [0.1, 0.15) is 0 Å². The zero-order chi connectivity index (χ0) is 16.1. The zero-order valence-corrected chi connectivity index (χ0v) is 14.6. The maximum absolute atomic E-state index is 12.2. The Bertz CT molecular complexity index is 665. The van der Waals surface area contributed by atoms with E-state index in [0.29, 0.717) is 11.4 Å². The van der Waals surface area contributed by atoms with E-state index in [4.69, 9.17) is 11.6 Å². The molecule has 3 rings (SSSR count). The van der Waals surface area contributed by atoms with Gasteiger partial charge in [0, 0.05) is 11.6 Å². The first-order chi connectivity index (χ1) is 11.2. The van der Waals surface area contributed by atoms with E-state index in [1.54, 1.807) is 11.3 Å². The van der Waals surface area contributed by atoms with Crippen molar-refractivity contribution in [1.29, 1.82) is 0 Å². The molecule has 0 aliphatic carbocycles. The van der Waals surface area contributed by atoms with Crippen LogP contribution in [-0.4, -0.2) is 23.9 Å². The van der Waals surface area contributed by atoms with Crippen molar-refractivity contribution >= 4 is 33.8 Å². The third-order valence-corrected chi connectivity index (χ3v) is 5.34. The first kappa shape index (κ1) is 16.5. The van der Waals surface area contributed by atoms with Gasteiger partial charge in [0.05, 0.1) is 11.4 Å². The average Bonchev–Trinajstić information content (AvgIpc) is 2.97. The second-order valence-corrected chi connectivity index (χ2v) is 7.29. The summed E-state index contributed by atoms with van der Waals surface area (Å²) in [7, 11) is 0. The molecule has 1 saturated heterocycles. The lowest BCUT2D eigenvalue weighted by molar-refractivity contribution is -0.115. The van der Waals surface area contributed by atoms with Crippen molar-refractivity contribution in [3.8, 4) is 0 Å². The molecular weight excluding hydrogens is 328 g/mol. The molecule has 0 bridgehead atoms. The molecule has 2 heterocycles. The van der Waals surface area contributed by atoms with Gasteiger partial charge in [-0.1, -0.05) is 36.2 Å². The number of amides is 1. The number of carbonyl (C=O) groups excluding carboxylic acids is 1. The molecule has 1 aromatic heterocycles. The van der Waals surface area contributed by atoms with E-state index < -0.39 is 0 Å². The van der Waals surface area contributed by atoms with Crippen LogP contribution in [0.3, 0.4) is 0 Å². The number of hydrogen-bond donors (Lipinski definition) is 1. The lowest BCUT2D eigenvalue weighted by atomic mass is 10.1. The van der Waals surface area contributed by atoms with Crippen molar-refractivity contribution in [2.24, 2.45) is 0 Å². The number of likely N-dealkylation sites (tertiary alicyclic amines) is 1. The highest BCUT2D eigenvalue weighted by molar-refractivity contribution is 7.14. The Morgan fingerprint density at radius 2 is 2.00 bits per heavy atom. The summed E-state index contributed by atoms with van der Waals surface area (Å²) < 4.78 is 0. The van der Waals surface area contributed by atoms with Gasteiger partial charge in [-0.25, -0.2) is 0 Å². The van der Waals surface area contributed by atoms with Crippen LogP contribution in [0.4, 0.5) is 5.00 Å². The van der Waals surface area contributed by atoms with Crippen molar-refractivity contribution in [2.45, 2.75) is 32.2 Å². The van der Waals surface area contributed by atoms with Gasteiger partial charge < -0.3 is 5.32 Å². The normalized spacial score (nSPS) is 15.5. The Hall–Kier alpha value is -1.36. The lowest BCUT2D eigenvalue weighted by Crippen LogP contribution is -2.28. The molecule has 23 heavy (non-hydrogen) atoms. The van der Waals surface area contributed by atoms with Crippen LogP contribution < -0.4 is 5.32 Å². The summed E-state index contributed by atoms with van der Waals surface area (Å²) >= 11 is 7.69. The topological polar surface area (TPSA) is 32.3 Å². The van der Waals surface area contributed by atoms with Crippen molar-refractivity contribution < 1.29 is 4.79 Å². The molecule has 1 N–H and O–H groups in total. The van der Waals surface area contributed by atoms with Gasteiger partial charge in [-0.3, -0.25) is 9.69 Å². The van der Waals surface area contributed by atoms with E-state index in [0.717, 1.165) is 17.1 Å². The van der Waals surface area contributed by atoms with Gasteiger partial charge in [0.15, 0.2) is 0 Å². The summed E-state index contributed by atoms with van der Waals surface area (Å²) in [6, 6.07) is 9.56. The summed E-state index contributed by atoms with van der Waals surface area (Å²) in [5.41, 5.74) is 2.14. The number of carbonyl (C=O) groups is 1. The van der Waals surface area contributed by atoms with Gasteiger partial charge in [0.25, 0.3) is 0 Å². The number of hydrogen-bond acceptors (Lipinski definition) is 3. The molecule has 0 radical (unpaired) electrons. The Balaban J connectivity index is 1.54. The number of thiophene rings is 1. The summed E-state index contributed by atoms with van der Waals surface area (Å²) in [5.74, 6) is -0.0236. The second-order valence-electron chi connectivity index (χ2n) is 5.97. The fourth-order valence-corrected chi connectivity index (χ4v) is 3.91. The lowest BCUT2D eigenvalue weighted by Gasteiger charge is -2.25. The van der Waals surface area contributed by atoms with Crippen molar-refractivity contribution in [3.63, 3.8) is 0 Å². The largest absolute Gasteiger partial charge is 0.317 e. The third kappa shape index (κ3) is 4.80. The predicted octanol–water partition coefficient (Wildman–Crippen LogP) is 4.57. The Morgan fingerprint density at radius 3 is 2.78 bits per heavy atom. The number of nitrogens with zero attached hydrogens (tertiary/aromatic N) is 1. The van der Waals surface area contributed by atoms with Crippen LogP contribution in [-0.2, 0) is 17.8 Å². The molecule has 1 aromatic carbocycles. The number of halogens is 1. The highest BCUT2D eigenvalue weighted by Gasteiger charge is 2.12. The SMILES string of the molecule is O=C(Cc1ccccc1Cl)Nc1cc(CN2CCCCC2)cs1. The molecule has 5 heteroatoms. The van der Waals surface area contributed by atoms with Gasteiger partial charge in [-0.2, -0.15) is 0 Å². The molecule has 0 unspecified atom stereocenters. The van der Waals surface area contributed by atoms with E-state index in [1.807, 2.05) is 24.3 Å². The molecule has 1 aliphatic heterocycles. The van der Waals surface area contributed by atoms with Crippen molar-refractivity contribution in [1.82, 2.24) is 4.90 Å². The Kier molecular flexibility index (Phi) is 5.70. The van der Waals surface area contributed by atoms with Crippen molar-refractivity contribution in [3.05, 3.63) is 51.9 Å². The van der Waals surface area contributed by atoms with E-state index in [2.05, 4.69) is 21.7 Å². The zero-order valence-electron chi connectivity index (χ0n) is 13.1. The molecule has 0 spiro atoms. The molecule has 122 valence electrons. The maximum atomic E-state index is 12.2. The van der Waals surface area contributed by atoms with Crippen LogP contribution in [0.2, 0.25) is 5.02 Å². The number of piperidine rings is 1. The predicted molar refractivity (Wildman–Crippen MR) is 97.2 cm³/mol. The highest BCUT2D eigenvalue weighted by Crippen LogP contribution is 2.23. The van der Waals surface area contributed by atoms with Crippen LogP contribution in [0.5, 0.6) is 0 Å². The Morgan fingerprint density at radius 1 is 1.22 bits per heavy atom. The molecule has 0 atom stereocenters. The van der Waals surface area contributed by atoms with Gasteiger partial charge >= 0.3 is 0 Å². The fraction of sp³-hybridized carbons (Fsp3) is 0.389. The van der Waals surface area contributed by atoms with Crippen LogP contribution >= 0.6 is 22.9 Å². The number of nitrogens with one attached hydrogen (secondary N) is 1. The number of anilines is 1. The number of rotatable bonds is 5. The molecule has 3 nitrogen and oxygen atoms in total. The molecule has 1 aliphatic rings. The van der Waals surface area contributed by atoms with E-state index >= 15 is 0 Å². The minimum atomic E-state index is -0.0236. The second kappa shape index (κ2) is 7.95. The molecule has 2 aromatic rings. The first-order valence-electron chi connectivity index (χ1n) is 8.04. The summed E-state index contributed by atoms with van der Waals surface area (Å²) in [6.45, 7) is 3.35. The van der Waals surface area contributed by atoms with Crippen molar-refractivity contribution in [2.75, 3.05) is 18.4 Å². The standard InChI is InChI=1S/C18H21ClN2OS/c19-16-7-3-2-6-15(16)11-17(22)20-18-10-14(13-23-18)12-21-8-4-1-5-9-21/h2-3,6-7,10,13H,1,4-5,8-9,11-12H2,(H,20,22). The fourth-order valence-electron chi connectivity index (χ4n) is 2.90. The highest BCUT2D eigenvalue weighted by atomic mass is 35.5. The van der Waals surface area contributed by atoms with Crippen LogP contribution in [0.15, 0.2) is 35.7 Å². The minimum absolute atomic E-state index is 0.0236. The maximum Gasteiger partial charge on any atom is 0.229 e. The minimum Gasteiger partial charge on any atom is -0.317 e. The quantitative estimate of drug-likeness (QED) is 0.858.